The van der Waals surface area contributed by atoms with Crippen LogP contribution < -0.4 is 0 Å². The van der Waals surface area contributed by atoms with Gasteiger partial charge in [0, 0.05) is 18.6 Å². The molecule has 2 aromatic heterocycles. The van der Waals surface area contributed by atoms with Gasteiger partial charge in [-0.25, -0.2) is 9.97 Å². The molecular formula is C8H6N4. The Morgan fingerprint density at radius 3 is 3.17 bits per heavy atom. The van der Waals surface area contributed by atoms with Crippen molar-refractivity contribution in [3.8, 4) is 6.07 Å². The molecule has 0 unspecified atom stereocenters. The summed E-state index contributed by atoms with van der Waals surface area (Å²) >= 11 is 0. The predicted octanol–water partition coefficient (Wildman–Crippen LogP) is 0.909. The molecule has 0 N–H and O–H groups in total. The third kappa shape index (κ3) is 0.839. The van der Waals surface area contributed by atoms with E-state index in [-0.39, 0.29) is 0 Å². The summed E-state index contributed by atoms with van der Waals surface area (Å²) in [7, 11) is 0. The number of imidazole rings is 1. The fraction of sp³-hybridized carbons (Fsp3) is 0.125. The van der Waals surface area contributed by atoms with Gasteiger partial charge in [0.2, 0.25) is 0 Å². The molecule has 0 saturated heterocycles. The van der Waals surface area contributed by atoms with Crippen LogP contribution in [-0.2, 0) is 0 Å². The zero-order valence-electron chi connectivity index (χ0n) is 6.52. The van der Waals surface area contributed by atoms with Crippen molar-refractivity contribution in [2.45, 2.75) is 6.92 Å². The second-order valence-electron chi connectivity index (χ2n) is 2.50. The largest absolute Gasteiger partial charge is 0.303 e. The number of aromatic nitrogens is 3. The summed E-state index contributed by atoms with van der Waals surface area (Å²) < 4.78 is 1.79. The molecule has 0 aliphatic carbocycles. The van der Waals surface area contributed by atoms with Gasteiger partial charge in [-0.15, -0.1) is 0 Å². The first-order chi connectivity index (χ1) is 5.81. The van der Waals surface area contributed by atoms with Crippen molar-refractivity contribution in [3.05, 3.63) is 30.0 Å². The second-order valence-corrected chi connectivity index (χ2v) is 2.50. The SMILES string of the molecule is Cc1cn2ccnc(C#N)c2n1. The van der Waals surface area contributed by atoms with Crippen LogP contribution in [0.25, 0.3) is 5.65 Å². The highest BCUT2D eigenvalue weighted by atomic mass is 15.0. The van der Waals surface area contributed by atoms with Crippen LogP contribution in [0.3, 0.4) is 0 Å². The fourth-order valence-electron chi connectivity index (χ4n) is 1.12. The lowest BCUT2D eigenvalue weighted by Crippen LogP contribution is -1.89. The number of nitrogens with zero attached hydrogens (tertiary/aromatic N) is 4. The van der Waals surface area contributed by atoms with Gasteiger partial charge in [0.1, 0.15) is 6.07 Å². The molecule has 0 fully saturated rings. The Labute approximate surface area is 69.1 Å². The molecule has 0 amide bonds. The third-order valence-corrected chi connectivity index (χ3v) is 1.60. The lowest BCUT2D eigenvalue weighted by Gasteiger charge is -1.91. The van der Waals surface area contributed by atoms with Crippen molar-refractivity contribution in [2.75, 3.05) is 0 Å². The summed E-state index contributed by atoms with van der Waals surface area (Å²) in [6.45, 7) is 1.88. The molecule has 12 heavy (non-hydrogen) atoms. The number of hydrogen-bond donors (Lipinski definition) is 0. The highest BCUT2D eigenvalue weighted by Crippen LogP contribution is 2.05. The lowest BCUT2D eigenvalue weighted by molar-refractivity contribution is 1.11. The van der Waals surface area contributed by atoms with Gasteiger partial charge in [-0.3, -0.25) is 0 Å². The van der Waals surface area contributed by atoms with Crippen LogP contribution >= 0.6 is 0 Å². The van der Waals surface area contributed by atoms with Gasteiger partial charge in [0.05, 0.1) is 5.69 Å². The Morgan fingerprint density at radius 1 is 1.58 bits per heavy atom. The van der Waals surface area contributed by atoms with Crippen LogP contribution in [0.2, 0.25) is 0 Å². The van der Waals surface area contributed by atoms with Crippen LogP contribution in [0.15, 0.2) is 18.6 Å². The monoisotopic (exact) mass is 158 g/mol. The average Bonchev–Trinajstić information content (AvgIpc) is 2.44. The second kappa shape index (κ2) is 2.31. The van der Waals surface area contributed by atoms with Crippen LogP contribution in [0, 0.1) is 18.3 Å². The summed E-state index contributed by atoms with van der Waals surface area (Å²) in [5, 5.41) is 8.68. The molecule has 0 atom stereocenters. The van der Waals surface area contributed by atoms with Crippen molar-refractivity contribution >= 4 is 5.65 Å². The van der Waals surface area contributed by atoms with E-state index >= 15 is 0 Å². The summed E-state index contributed by atoms with van der Waals surface area (Å²) in [5.41, 5.74) is 1.88. The zero-order valence-corrected chi connectivity index (χ0v) is 6.52. The Morgan fingerprint density at radius 2 is 2.42 bits per heavy atom. The Balaban J connectivity index is 2.89. The van der Waals surface area contributed by atoms with E-state index in [4.69, 9.17) is 5.26 Å². The molecule has 4 heteroatoms. The Hall–Kier alpha value is -1.89. The highest BCUT2D eigenvalue weighted by molar-refractivity contribution is 5.51. The van der Waals surface area contributed by atoms with Gasteiger partial charge in [-0.2, -0.15) is 5.26 Å². The van der Waals surface area contributed by atoms with Gasteiger partial charge < -0.3 is 4.40 Å². The van der Waals surface area contributed by atoms with E-state index in [0.717, 1.165) is 5.69 Å². The number of fused-ring (bicyclic) bond motifs is 1. The average molecular weight is 158 g/mol. The van der Waals surface area contributed by atoms with Gasteiger partial charge in [0.25, 0.3) is 0 Å². The van der Waals surface area contributed by atoms with E-state index in [0.29, 0.717) is 11.3 Å². The molecule has 0 aliphatic rings. The van der Waals surface area contributed by atoms with E-state index in [1.807, 2.05) is 19.2 Å². The van der Waals surface area contributed by atoms with Crippen LogP contribution in [0.4, 0.5) is 0 Å². The lowest BCUT2D eigenvalue weighted by atomic mass is 10.5. The van der Waals surface area contributed by atoms with E-state index in [2.05, 4.69) is 9.97 Å². The van der Waals surface area contributed by atoms with Crippen LogP contribution in [-0.4, -0.2) is 14.4 Å². The van der Waals surface area contributed by atoms with E-state index < -0.39 is 0 Å². The third-order valence-electron chi connectivity index (χ3n) is 1.60. The molecule has 0 bridgehead atoms. The number of aryl methyl sites for hydroxylation is 1. The van der Waals surface area contributed by atoms with Crippen molar-refractivity contribution in [3.63, 3.8) is 0 Å². The zero-order chi connectivity index (χ0) is 8.55. The predicted molar refractivity (Wildman–Crippen MR) is 42.4 cm³/mol. The molecule has 0 saturated carbocycles. The minimum absolute atomic E-state index is 0.366. The quantitative estimate of drug-likeness (QED) is 0.572. The molecule has 2 heterocycles. The highest BCUT2D eigenvalue weighted by Gasteiger charge is 2.03. The van der Waals surface area contributed by atoms with E-state index in [1.54, 1.807) is 16.8 Å². The maximum Gasteiger partial charge on any atom is 0.183 e. The topological polar surface area (TPSA) is 54.0 Å². The normalized spacial score (nSPS) is 10.0. The van der Waals surface area contributed by atoms with E-state index in [9.17, 15) is 0 Å². The fourth-order valence-corrected chi connectivity index (χ4v) is 1.12. The first kappa shape index (κ1) is 6.80. The molecule has 0 aliphatic heterocycles. The summed E-state index contributed by atoms with van der Waals surface area (Å²) in [4.78, 5) is 8.06. The molecule has 2 rings (SSSR count). The van der Waals surface area contributed by atoms with Crippen molar-refractivity contribution < 1.29 is 0 Å². The molecule has 0 aromatic carbocycles. The number of nitriles is 1. The number of rotatable bonds is 0. The first-order valence-corrected chi connectivity index (χ1v) is 3.51. The molecule has 2 aromatic rings. The molecule has 0 radical (unpaired) electrons. The van der Waals surface area contributed by atoms with E-state index in [1.165, 1.54) is 0 Å². The minimum atomic E-state index is 0.366. The maximum atomic E-state index is 8.68. The summed E-state index contributed by atoms with van der Waals surface area (Å²) in [6, 6.07) is 1.99. The van der Waals surface area contributed by atoms with Crippen LogP contribution in [0.1, 0.15) is 11.4 Å². The van der Waals surface area contributed by atoms with Gasteiger partial charge in [-0.05, 0) is 6.92 Å². The van der Waals surface area contributed by atoms with Gasteiger partial charge in [0.15, 0.2) is 11.3 Å². The Kier molecular flexibility index (Phi) is 1.31. The molecule has 58 valence electrons. The van der Waals surface area contributed by atoms with Gasteiger partial charge in [-0.1, -0.05) is 0 Å². The molecule has 4 nitrogen and oxygen atoms in total. The smallest absolute Gasteiger partial charge is 0.183 e. The summed E-state index contributed by atoms with van der Waals surface area (Å²) in [6.07, 6.45) is 5.22. The van der Waals surface area contributed by atoms with Crippen molar-refractivity contribution in [2.24, 2.45) is 0 Å². The number of hydrogen-bond acceptors (Lipinski definition) is 3. The maximum absolute atomic E-state index is 8.68. The first-order valence-electron chi connectivity index (χ1n) is 3.51. The minimum Gasteiger partial charge on any atom is -0.303 e. The molecular weight excluding hydrogens is 152 g/mol. The summed E-state index contributed by atoms with van der Waals surface area (Å²) in [5.74, 6) is 0. The standard InChI is InChI=1S/C8H6N4/c1-6-5-12-3-2-10-7(4-9)8(12)11-6/h2-3,5H,1H3. The Bertz CT molecular complexity index is 463. The molecule has 0 spiro atoms. The van der Waals surface area contributed by atoms with Gasteiger partial charge >= 0.3 is 0 Å². The van der Waals surface area contributed by atoms with Crippen molar-refractivity contribution in [1.29, 1.82) is 5.26 Å². The van der Waals surface area contributed by atoms with Crippen LogP contribution in [0.5, 0.6) is 0 Å². The van der Waals surface area contributed by atoms with Crippen molar-refractivity contribution in [1.82, 2.24) is 14.4 Å².